The lowest BCUT2D eigenvalue weighted by molar-refractivity contribution is 0.429. The Morgan fingerprint density at radius 2 is 1.94 bits per heavy atom. The fourth-order valence-corrected chi connectivity index (χ4v) is 1.63. The van der Waals surface area contributed by atoms with Gasteiger partial charge in [0, 0.05) is 18.3 Å². The van der Waals surface area contributed by atoms with Crippen LogP contribution in [0.4, 0.5) is 5.69 Å². The zero-order valence-corrected chi connectivity index (χ0v) is 9.75. The summed E-state index contributed by atoms with van der Waals surface area (Å²) in [6, 6.07) is 11.3. The van der Waals surface area contributed by atoms with Gasteiger partial charge in [0.1, 0.15) is 0 Å². The van der Waals surface area contributed by atoms with E-state index in [0.717, 1.165) is 11.3 Å². The molecule has 0 aliphatic rings. The summed E-state index contributed by atoms with van der Waals surface area (Å²) >= 11 is 0. The van der Waals surface area contributed by atoms with Crippen LogP contribution in [0.2, 0.25) is 0 Å². The number of anilines is 1. The van der Waals surface area contributed by atoms with E-state index < -0.39 is 0 Å². The molecule has 5 nitrogen and oxygen atoms in total. The first-order valence-electron chi connectivity index (χ1n) is 5.52. The van der Waals surface area contributed by atoms with Crippen LogP contribution < -0.4 is 5.32 Å². The number of nitrogens with zero attached hydrogens (tertiary/aromatic N) is 2. The van der Waals surface area contributed by atoms with Gasteiger partial charge in [-0.15, -0.1) is 0 Å². The van der Waals surface area contributed by atoms with Crippen molar-refractivity contribution in [2.75, 3.05) is 12.4 Å². The van der Waals surface area contributed by atoms with Gasteiger partial charge in [0.25, 0.3) is 5.89 Å². The molecular weight excluding hydrogens is 230 g/mol. The Labute approximate surface area is 103 Å². The Bertz CT molecular complexity index is 627. The van der Waals surface area contributed by atoms with Crippen LogP contribution in [0.5, 0.6) is 0 Å². The van der Waals surface area contributed by atoms with Crippen LogP contribution in [0.15, 0.2) is 51.6 Å². The van der Waals surface area contributed by atoms with Crippen molar-refractivity contribution in [2.24, 2.45) is 0 Å². The van der Waals surface area contributed by atoms with Gasteiger partial charge in [-0.3, -0.25) is 0 Å². The summed E-state index contributed by atoms with van der Waals surface area (Å²) in [5, 5.41) is 6.93. The molecule has 2 aromatic heterocycles. The van der Waals surface area contributed by atoms with E-state index in [2.05, 4.69) is 15.5 Å². The highest BCUT2D eigenvalue weighted by molar-refractivity contribution is 5.60. The molecule has 3 aromatic rings. The molecule has 0 aliphatic heterocycles. The molecule has 5 heteroatoms. The minimum atomic E-state index is 0.452. The second-order valence-corrected chi connectivity index (χ2v) is 3.73. The van der Waals surface area contributed by atoms with Crippen molar-refractivity contribution in [3.8, 4) is 23.0 Å². The van der Waals surface area contributed by atoms with Crippen LogP contribution in [0, 0.1) is 0 Å². The fourth-order valence-electron chi connectivity index (χ4n) is 1.63. The zero-order valence-electron chi connectivity index (χ0n) is 9.75. The summed E-state index contributed by atoms with van der Waals surface area (Å²) in [5.41, 5.74) is 1.91. The van der Waals surface area contributed by atoms with E-state index >= 15 is 0 Å². The molecule has 2 heterocycles. The predicted octanol–water partition coefficient (Wildman–Crippen LogP) is 3.04. The summed E-state index contributed by atoms with van der Waals surface area (Å²) in [5.74, 6) is 1.52. The molecular formula is C13H11N3O2. The Morgan fingerprint density at radius 3 is 2.61 bits per heavy atom. The molecule has 0 unspecified atom stereocenters. The SMILES string of the molecule is CNc1ccc(-c2nc(-c3ccco3)no2)cc1. The van der Waals surface area contributed by atoms with Crippen molar-refractivity contribution in [3.63, 3.8) is 0 Å². The molecule has 90 valence electrons. The summed E-state index contributed by atoms with van der Waals surface area (Å²) in [7, 11) is 1.87. The van der Waals surface area contributed by atoms with Crippen molar-refractivity contribution in [1.29, 1.82) is 0 Å². The molecule has 18 heavy (non-hydrogen) atoms. The van der Waals surface area contributed by atoms with Crippen molar-refractivity contribution in [2.45, 2.75) is 0 Å². The van der Waals surface area contributed by atoms with Gasteiger partial charge in [-0.1, -0.05) is 5.16 Å². The lowest BCUT2D eigenvalue weighted by atomic mass is 10.2. The lowest BCUT2D eigenvalue weighted by Gasteiger charge is -1.99. The van der Waals surface area contributed by atoms with Gasteiger partial charge in [-0.05, 0) is 36.4 Å². The maximum absolute atomic E-state index is 5.21. The van der Waals surface area contributed by atoms with E-state index in [9.17, 15) is 0 Å². The smallest absolute Gasteiger partial charge is 0.258 e. The van der Waals surface area contributed by atoms with Crippen molar-refractivity contribution in [1.82, 2.24) is 10.1 Å². The third-order valence-electron chi connectivity index (χ3n) is 2.59. The standard InChI is InChI=1S/C13H11N3O2/c1-14-10-6-4-9(5-7-10)13-15-12(16-18-13)11-3-2-8-17-11/h2-8,14H,1H3. The maximum Gasteiger partial charge on any atom is 0.258 e. The number of nitrogens with one attached hydrogen (secondary N) is 1. The van der Waals surface area contributed by atoms with E-state index in [0.29, 0.717) is 17.5 Å². The second kappa shape index (κ2) is 4.37. The van der Waals surface area contributed by atoms with Crippen LogP contribution >= 0.6 is 0 Å². The summed E-state index contributed by atoms with van der Waals surface area (Å²) in [6.07, 6.45) is 1.58. The van der Waals surface area contributed by atoms with Gasteiger partial charge in [0.15, 0.2) is 5.76 Å². The molecule has 0 amide bonds. The lowest BCUT2D eigenvalue weighted by Crippen LogP contribution is -1.86. The molecule has 0 spiro atoms. The molecule has 1 N–H and O–H groups in total. The molecule has 0 saturated carbocycles. The summed E-state index contributed by atoms with van der Waals surface area (Å²) in [4.78, 5) is 4.29. The Morgan fingerprint density at radius 1 is 1.11 bits per heavy atom. The molecule has 0 saturated heterocycles. The maximum atomic E-state index is 5.21. The van der Waals surface area contributed by atoms with E-state index in [1.807, 2.05) is 31.3 Å². The predicted molar refractivity (Wildman–Crippen MR) is 67.0 cm³/mol. The Balaban J connectivity index is 1.92. The first-order valence-corrected chi connectivity index (χ1v) is 5.52. The minimum Gasteiger partial charge on any atom is -0.461 e. The fraction of sp³-hybridized carbons (Fsp3) is 0.0769. The average Bonchev–Trinajstić information content (AvgIpc) is 3.09. The number of aromatic nitrogens is 2. The normalized spacial score (nSPS) is 10.5. The van der Waals surface area contributed by atoms with Gasteiger partial charge in [-0.2, -0.15) is 4.98 Å². The van der Waals surface area contributed by atoms with Gasteiger partial charge in [0.2, 0.25) is 5.82 Å². The average molecular weight is 241 g/mol. The van der Waals surface area contributed by atoms with Gasteiger partial charge >= 0.3 is 0 Å². The van der Waals surface area contributed by atoms with E-state index in [1.54, 1.807) is 18.4 Å². The molecule has 0 radical (unpaired) electrons. The van der Waals surface area contributed by atoms with Crippen LogP contribution in [0.3, 0.4) is 0 Å². The highest BCUT2D eigenvalue weighted by Crippen LogP contribution is 2.23. The van der Waals surface area contributed by atoms with Crippen LogP contribution in [-0.4, -0.2) is 17.2 Å². The van der Waals surface area contributed by atoms with E-state index in [-0.39, 0.29) is 0 Å². The largest absolute Gasteiger partial charge is 0.461 e. The quantitative estimate of drug-likeness (QED) is 0.763. The second-order valence-electron chi connectivity index (χ2n) is 3.73. The van der Waals surface area contributed by atoms with E-state index in [1.165, 1.54) is 0 Å². The van der Waals surface area contributed by atoms with Crippen molar-refractivity contribution < 1.29 is 8.94 Å². The number of furan rings is 1. The number of rotatable bonds is 3. The van der Waals surface area contributed by atoms with Crippen LogP contribution in [0.1, 0.15) is 0 Å². The molecule has 0 fully saturated rings. The Hall–Kier alpha value is -2.56. The first-order chi connectivity index (χ1) is 8.86. The molecule has 3 rings (SSSR count). The molecule has 0 atom stereocenters. The third kappa shape index (κ3) is 1.86. The van der Waals surface area contributed by atoms with Crippen LogP contribution in [0.25, 0.3) is 23.0 Å². The molecule has 0 aliphatic carbocycles. The monoisotopic (exact) mass is 241 g/mol. The Kier molecular flexibility index (Phi) is 2.57. The number of benzene rings is 1. The molecule has 1 aromatic carbocycles. The van der Waals surface area contributed by atoms with Gasteiger partial charge in [0.05, 0.1) is 6.26 Å². The summed E-state index contributed by atoms with van der Waals surface area (Å²) in [6.45, 7) is 0. The first kappa shape index (κ1) is 10.6. The number of hydrogen-bond donors (Lipinski definition) is 1. The topological polar surface area (TPSA) is 64.1 Å². The summed E-state index contributed by atoms with van der Waals surface area (Å²) < 4.78 is 10.4. The van der Waals surface area contributed by atoms with Crippen molar-refractivity contribution in [3.05, 3.63) is 42.7 Å². The van der Waals surface area contributed by atoms with Gasteiger partial charge in [-0.25, -0.2) is 0 Å². The van der Waals surface area contributed by atoms with Gasteiger partial charge < -0.3 is 14.3 Å². The highest BCUT2D eigenvalue weighted by Gasteiger charge is 2.11. The van der Waals surface area contributed by atoms with Crippen LogP contribution in [-0.2, 0) is 0 Å². The van der Waals surface area contributed by atoms with Crippen molar-refractivity contribution >= 4 is 5.69 Å². The number of hydrogen-bond acceptors (Lipinski definition) is 5. The van der Waals surface area contributed by atoms with E-state index in [4.69, 9.17) is 8.94 Å². The highest BCUT2D eigenvalue weighted by atomic mass is 16.5. The molecule has 0 bridgehead atoms. The minimum absolute atomic E-state index is 0.452. The third-order valence-corrected chi connectivity index (χ3v) is 2.59. The zero-order chi connectivity index (χ0) is 12.4.